The standard InChI is InChI=1S/C28H35N5O5/c1-17-15-20(18(2)29-22-10-8-7-9-19(22)25(35)38-28(3,4)5)23-21(16-17)24(34)31(6)26(30-23)32-11-13-33(14-12-32)27(36)37/h7-10,15-16,18,29H,11-14H2,1-6H3,(H,36,37). The van der Waals surface area contributed by atoms with Gasteiger partial charge >= 0.3 is 12.1 Å². The second-order valence-corrected chi connectivity index (χ2v) is 10.7. The molecule has 0 bridgehead atoms. The van der Waals surface area contributed by atoms with Crippen LogP contribution in [0, 0.1) is 6.92 Å². The summed E-state index contributed by atoms with van der Waals surface area (Å²) >= 11 is 0. The van der Waals surface area contributed by atoms with E-state index in [0.717, 1.165) is 11.1 Å². The van der Waals surface area contributed by atoms with E-state index in [1.54, 1.807) is 19.2 Å². The van der Waals surface area contributed by atoms with Crippen molar-refractivity contribution in [2.24, 2.45) is 7.05 Å². The van der Waals surface area contributed by atoms with E-state index < -0.39 is 17.7 Å². The number of hydrogen-bond acceptors (Lipinski definition) is 7. The Hall–Kier alpha value is -4.08. The van der Waals surface area contributed by atoms with Crippen molar-refractivity contribution >= 4 is 34.6 Å². The molecule has 1 atom stereocenters. The van der Waals surface area contributed by atoms with Gasteiger partial charge in [0.1, 0.15) is 5.60 Å². The molecule has 2 N–H and O–H groups in total. The molecular formula is C28H35N5O5. The van der Waals surface area contributed by atoms with E-state index in [1.807, 2.05) is 63.8 Å². The number of nitrogens with zero attached hydrogens (tertiary/aromatic N) is 4. The highest BCUT2D eigenvalue weighted by Gasteiger charge is 2.26. The van der Waals surface area contributed by atoms with Gasteiger partial charge in [0.15, 0.2) is 0 Å². The molecule has 3 aromatic rings. The summed E-state index contributed by atoms with van der Waals surface area (Å²) in [5.74, 6) is 0.0793. The van der Waals surface area contributed by atoms with Gasteiger partial charge in [-0.05, 0) is 58.4 Å². The zero-order valence-corrected chi connectivity index (χ0v) is 22.7. The minimum atomic E-state index is -0.950. The van der Waals surface area contributed by atoms with Crippen LogP contribution in [0.3, 0.4) is 0 Å². The van der Waals surface area contributed by atoms with Gasteiger partial charge in [-0.25, -0.2) is 14.6 Å². The molecule has 1 aliphatic rings. The second kappa shape index (κ2) is 10.4. The quantitative estimate of drug-likeness (QED) is 0.481. The fraction of sp³-hybridized carbons (Fsp3) is 0.429. The molecule has 1 fully saturated rings. The van der Waals surface area contributed by atoms with Gasteiger partial charge in [0.25, 0.3) is 5.56 Å². The van der Waals surface area contributed by atoms with E-state index in [2.05, 4.69) is 5.32 Å². The van der Waals surface area contributed by atoms with Crippen molar-refractivity contribution in [3.8, 4) is 0 Å². The van der Waals surface area contributed by atoms with Gasteiger partial charge in [-0.3, -0.25) is 9.36 Å². The summed E-state index contributed by atoms with van der Waals surface area (Å²) in [5, 5.41) is 13.2. The SMILES string of the molecule is Cc1cc(C(C)Nc2ccccc2C(=O)OC(C)(C)C)c2nc(N3CCN(C(=O)O)CC3)n(C)c(=O)c2c1. The molecule has 10 heteroatoms. The number of rotatable bonds is 5. The normalized spacial score (nSPS) is 14.9. The summed E-state index contributed by atoms with van der Waals surface area (Å²) in [6, 6.07) is 10.7. The van der Waals surface area contributed by atoms with Gasteiger partial charge < -0.3 is 25.0 Å². The molecule has 2 aromatic carbocycles. The Morgan fingerprint density at radius 2 is 1.76 bits per heavy atom. The molecule has 10 nitrogen and oxygen atoms in total. The van der Waals surface area contributed by atoms with Crippen molar-refractivity contribution in [3.05, 3.63) is 63.4 Å². The van der Waals surface area contributed by atoms with Crippen molar-refractivity contribution in [1.82, 2.24) is 14.5 Å². The minimum absolute atomic E-state index is 0.169. The van der Waals surface area contributed by atoms with E-state index in [-0.39, 0.29) is 11.6 Å². The molecule has 1 saturated heterocycles. The van der Waals surface area contributed by atoms with Crippen LogP contribution in [0.15, 0.2) is 41.2 Å². The average molecular weight is 522 g/mol. The lowest BCUT2D eigenvalue weighted by molar-refractivity contribution is 0.00705. The van der Waals surface area contributed by atoms with Crippen molar-refractivity contribution in [1.29, 1.82) is 0 Å². The number of carboxylic acid groups (broad SMARTS) is 1. The van der Waals surface area contributed by atoms with Crippen LogP contribution in [0.25, 0.3) is 10.9 Å². The van der Waals surface area contributed by atoms with Crippen molar-refractivity contribution in [2.45, 2.75) is 46.3 Å². The lowest BCUT2D eigenvalue weighted by Crippen LogP contribution is -2.49. The molecule has 1 unspecified atom stereocenters. The van der Waals surface area contributed by atoms with E-state index >= 15 is 0 Å². The number of hydrogen-bond donors (Lipinski definition) is 2. The fourth-order valence-corrected chi connectivity index (χ4v) is 4.68. The first-order valence-corrected chi connectivity index (χ1v) is 12.7. The van der Waals surface area contributed by atoms with E-state index in [4.69, 9.17) is 9.72 Å². The molecule has 4 rings (SSSR count). The smallest absolute Gasteiger partial charge is 0.407 e. The summed E-state index contributed by atoms with van der Waals surface area (Å²) in [4.78, 5) is 45.9. The van der Waals surface area contributed by atoms with Crippen LogP contribution in [0.5, 0.6) is 0 Å². The van der Waals surface area contributed by atoms with Gasteiger partial charge in [-0.2, -0.15) is 0 Å². The number of benzene rings is 2. The van der Waals surface area contributed by atoms with Gasteiger partial charge in [-0.1, -0.05) is 18.2 Å². The number of piperazine rings is 1. The summed E-state index contributed by atoms with van der Waals surface area (Å²) < 4.78 is 7.12. The van der Waals surface area contributed by atoms with Crippen LogP contribution in [-0.4, -0.2) is 63.4 Å². The molecule has 1 amide bonds. The maximum absolute atomic E-state index is 13.4. The molecule has 38 heavy (non-hydrogen) atoms. The first-order chi connectivity index (χ1) is 17.9. The van der Waals surface area contributed by atoms with Crippen molar-refractivity contribution in [3.63, 3.8) is 0 Å². The molecule has 0 spiro atoms. The number of ether oxygens (including phenoxy) is 1. The lowest BCUT2D eigenvalue weighted by Gasteiger charge is -2.34. The van der Waals surface area contributed by atoms with Crippen LogP contribution < -0.4 is 15.8 Å². The third kappa shape index (κ3) is 5.58. The van der Waals surface area contributed by atoms with Crippen LogP contribution in [0.4, 0.5) is 16.4 Å². The molecule has 1 aromatic heterocycles. The Morgan fingerprint density at radius 3 is 2.39 bits per heavy atom. The molecule has 2 heterocycles. The van der Waals surface area contributed by atoms with Gasteiger partial charge in [0.05, 0.1) is 22.5 Å². The van der Waals surface area contributed by atoms with Crippen LogP contribution >= 0.6 is 0 Å². The number of carbonyl (C=O) groups is 2. The Morgan fingerprint density at radius 1 is 1.11 bits per heavy atom. The zero-order valence-electron chi connectivity index (χ0n) is 22.7. The number of amides is 1. The minimum Gasteiger partial charge on any atom is -0.465 e. The number of anilines is 2. The topological polar surface area (TPSA) is 117 Å². The summed E-state index contributed by atoms with van der Waals surface area (Å²) in [6.07, 6.45) is -0.950. The van der Waals surface area contributed by atoms with Crippen LogP contribution in [0.2, 0.25) is 0 Å². The van der Waals surface area contributed by atoms with Gasteiger partial charge in [-0.15, -0.1) is 0 Å². The Labute approximate surface area is 221 Å². The second-order valence-electron chi connectivity index (χ2n) is 10.7. The van der Waals surface area contributed by atoms with Gasteiger partial charge in [0, 0.05) is 44.5 Å². The maximum Gasteiger partial charge on any atom is 0.407 e. The monoisotopic (exact) mass is 521 g/mol. The summed E-state index contributed by atoms with van der Waals surface area (Å²) in [6.45, 7) is 10.9. The van der Waals surface area contributed by atoms with E-state index in [1.165, 1.54) is 9.47 Å². The van der Waals surface area contributed by atoms with E-state index in [0.29, 0.717) is 54.3 Å². The first kappa shape index (κ1) is 27.0. The van der Waals surface area contributed by atoms with Crippen LogP contribution in [-0.2, 0) is 11.8 Å². The number of fused-ring (bicyclic) bond motifs is 1. The number of para-hydroxylation sites is 1. The van der Waals surface area contributed by atoms with Crippen molar-refractivity contribution in [2.75, 3.05) is 36.4 Å². The highest BCUT2D eigenvalue weighted by Crippen LogP contribution is 2.29. The summed E-state index contributed by atoms with van der Waals surface area (Å²) in [7, 11) is 1.69. The molecule has 0 radical (unpaired) electrons. The third-order valence-corrected chi connectivity index (χ3v) is 6.55. The predicted octanol–water partition coefficient (Wildman–Crippen LogP) is 4.17. The molecule has 0 aliphatic carbocycles. The molecule has 202 valence electrons. The van der Waals surface area contributed by atoms with Crippen LogP contribution in [0.1, 0.15) is 55.2 Å². The molecule has 1 aliphatic heterocycles. The lowest BCUT2D eigenvalue weighted by atomic mass is 10.0. The average Bonchev–Trinajstić information content (AvgIpc) is 2.85. The number of nitrogens with one attached hydrogen (secondary N) is 1. The van der Waals surface area contributed by atoms with Crippen molar-refractivity contribution < 1.29 is 19.4 Å². The highest BCUT2D eigenvalue weighted by molar-refractivity contribution is 5.96. The number of carbonyl (C=O) groups excluding carboxylic acids is 1. The van der Waals surface area contributed by atoms with Gasteiger partial charge in [0.2, 0.25) is 5.95 Å². The fourth-order valence-electron chi connectivity index (χ4n) is 4.68. The third-order valence-electron chi connectivity index (χ3n) is 6.55. The Bertz CT molecular complexity index is 1430. The zero-order chi connectivity index (χ0) is 27.8. The number of esters is 1. The largest absolute Gasteiger partial charge is 0.465 e. The first-order valence-electron chi connectivity index (χ1n) is 12.7. The van der Waals surface area contributed by atoms with E-state index in [9.17, 15) is 19.5 Å². The maximum atomic E-state index is 13.4. The predicted molar refractivity (Wildman–Crippen MR) is 147 cm³/mol. The Kier molecular flexibility index (Phi) is 7.35. The summed E-state index contributed by atoms with van der Waals surface area (Å²) in [5.41, 5.74) is 2.56. The highest BCUT2D eigenvalue weighted by atomic mass is 16.6. The number of aryl methyl sites for hydroxylation is 1. The molecule has 0 saturated carbocycles. The molecular weight excluding hydrogens is 486 g/mol. The number of aromatic nitrogens is 2. The Balaban J connectivity index is 1.72.